The Bertz CT molecular complexity index is 591. The molecular formula is C25H45ClN2O2. The topological polar surface area (TPSA) is 69.2 Å². The van der Waals surface area contributed by atoms with Gasteiger partial charge in [-0.05, 0) is 30.9 Å². The van der Waals surface area contributed by atoms with Crippen molar-refractivity contribution in [2.24, 2.45) is 5.73 Å². The van der Waals surface area contributed by atoms with Crippen molar-refractivity contribution >= 4 is 12.4 Å². The first-order valence-corrected chi connectivity index (χ1v) is 11.9. The van der Waals surface area contributed by atoms with E-state index in [4.69, 9.17) is 5.73 Å². The lowest BCUT2D eigenvalue weighted by molar-refractivity contribution is -0.573. The van der Waals surface area contributed by atoms with Gasteiger partial charge in [0.25, 0.3) is 5.66 Å². The van der Waals surface area contributed by atoms with E-state index in [-0.39, 0.29) is 12.4 Å². The lowest BCUT2D eigenvalue weighted by Gasteiger charge is -2.20. The summed E-state index contributed by atoms with van der Waals surface area (Å²) in [5, 5.41) is 11.3. The van der Waals surface area contributed by atoms with Gasteiger partial charge in [-0.1, -0.05) is 109 Å². The van der Waals surface area contributed by atoms with Crippen molar-refractivity contribution in [2.75, 3.05) is 0 Å². The van der Waals surface area contributed by atoms with E-state index in [9.17, 15) is 10.1 Å². The van der Waals surface area contributed by atoms with Crippen molar-refractivity contribution in [3.8, 4) is 0 Å². The molecule has 1 aromatic rings. The third kappa shape index (κ3) is 10.8. The van der Waals surface area contributed by atoms with Crippen molar-refractivity contribution in [3.05, 3.63) is 45.0 Å². The molecule has 30 heavy (non-hydrogen) atoms. The van der Waals surface area contributed by atoms with Crippen LogP contribution in [0.1, 0.15) is 120 Å². The number of nitro groups is 1. The molecule has 5 heteroatoms. The van der Waals surface area contributed by atoms with E-state index in [0.29, 0.717) is 5.56 Å². The quantitative estimate of drug-likeness (QED) is 0.116. The van der Waals surface area contributed by atoms with E-state index < -0.39 is 10.6 Å². The fourth-order valence-corrected chi connectivity index (χ4v) is 4.11. The van der Waals surface area contributed by atoms with Crippen molar-refractivity contribution in [1.29, 1.82) is 0 Å². The van der Waals surface area contributed by atoms with Gasteiger partial charge in [-0.2, -0.15) is 0 Å². The third-order valence-electron chi connectivity index (χ3n) is 6.17. The molecule has 0 heterocycles. The Hall–Kier alpha value is -1.13. The van der Waals surface area contributed by atoms with Gasteiger partial charge in [0.2, 0.25) is 0 Å². The van der Waals surface area contributed by atoms with Crippen LogP contribution in [0, 0.1) is 17.0 Å². The zero-order valence-corrected chi connectivity index (χ0v) is 20.4. The molecule has 1 atom stereocenters. The van der Waals surface area contributed by atoms with Crippen LogP contribution in [-0.4, -0.2) is 4.92 Å². The van der Waals surface area contributed by atoms with Gasteiger partial charge in [-0.15, -0.1) is 12.4 Å². The van der Waals surface area contributed by atoms with Gasteiger partial charge >= 0.3 is 0 Å². The monoisotopic (exact) mass is 440 g/mol. The Kier molecular flexibility index (Phi) is 15.9. The van der Waals surface area contributed by atoms with E-state index in [1.54, 1.807) is 6.07 Å². The molecule has 0 aliphatic carbocycles. The predicted molar refractivity (Wildman–Crippen MR) is 131 cm³/mol. The lowest BCUT2D eigenvalue weighted by Crippen LogP contribution is -2.42. The minimum Gasteiger partial charge on any atom is -0.262 e. The Labute approximate surface area is 191 Å². The standard InChI is InChI=1S/C25H44N2O2.ClH/c1-4-5-6-7-8-9-10-11-12-13-14-15-16-17-19-23-20-18-21-24(22(23)2)25(3,26)27(28)29;/h18,20-21H,4-17,19,26H2,1-3H3;1H. The third-order valence-corrected chi connectivity index (χ3v) is 6.17. The SMILES string of the molecule is CCCCCCCCCCCCCCCCc1cccc(C(C)(N)[N+](=O)[O-])c1C.Cl. The van der Waals surface area contributed by atoms with Crippen LogP contribution in [0.2, 0.25) is 0 Å². The number of hydrogen-bond donors (Lipinski definition) is 1. The van der Waals surface area contributed by atoms with Gasteiger partial charge in [0.05, 0.1) is 0 Å². The van der Waals surface area contributed by atoms with Gasteiger partial charge in [0, 0.05) is 17.4 Å². The van der Waals surface area contributed by atoms with E-state index in [1.807, 2.05) is 13.0 Å². The molecule has 0 saturated heterocycles. The molecule has 0 amide bonds. The smallest absolute Gasteiger partial charge is 0.262 e. The summed E-state index contributed by atoms with van der Waals surface area (Å²) in [5.41, 5.74) is 7.21. The maximum Gasteiger partial charge on any atom is 0.295 e. The maximum atomic E-state index is 11.3. The summed E-state index contributed by atoms with van der Waals surface area (Å²) in [7, 11) is 0. The van der Waals surface area contributed by atoms with Gasteiger partial charge in [-0.3, -0.25) is 15.8 Å². The summed E-state index contributed by atoms with van der Waals surface area (Å²) < 4.78 is 0. The van der Waals surface area contributed by atoms with Crippen molar-refractivity contribution in [2.45, 2.75) is 123 Å². The molecule has 1 aromatic carbocycles. The molecule has 0 spiro atoms. The number of rotatable bonds is 17. The van der Waals surface area contributed by atoms with Crippen LogP contribution in [0.5, 0.6) is 0 Å². The largest absolute Gasteiger partial charge is 0.295 e. The van der Waals surface area contributed by atoms with Crippen LogP contribution in [-0.2, 0) is 12.1 Å². The van der Waals surface area contributed by atoms with Gasteiger partial charge in [-0.25, -0.2) is 0 Å². The average Bonchev–Trinajstić information content (AvgIpc) is 2.69. The Morgan fingerprint density at radius 2 is 1.30 bits per heavy atom. The number of benzene rings is 1. The van der Waals surface area contributed by atoms with Crippen LogP contribution in [0.4, 0.5) is 0 Å². The number of nitrogens with two attached hydrogens (primary N) is 1. The predicted octanol–water partition coefficient (Wildman–Crippen LogP) is 7.85. The van der Waals surface area contributed by atoms with Crippen molar-refractivity contribution < 1.29 is 4.92 Å². The summed E-state index contributed by atoms with van der Waals surface area (Å²) in [5.74, 6) is 0. The van der Waals surface area contributed by atoms with E-state index in [0.717, 1.165) is 18.4 Å². The zero-order valence-electron chi connectivity index (χ0n) is 19.6. The summed E-state index contributed by atoms with van der Waals surface area (Å²) in [4.78, 5) is 10.9. The molecule has 1 unspecified atom stereocenters. The van der Waals surface area contributed by atoms with Crippen LogP contribution in [0.15, 0.2) is 18.2 Å². The highest BCUT2D eigenvalue weighted by Crippen LogP contribution is 2.25. The molecule has 0 aromatic heterocycles. The summed E-state index contributed by atoms with van der Waals surface area (Å²) in [6, 6.07) is 5.76. The fraction of sp³-hybridized carbons (Fsp3) is 0.760. The molecule has 0 bridgehead atoms. The second kappa shape index (κ2) is 16.5. The van der Waals surface area contributed by atoms with Crippen molar-refractivity contribution in [1.82, 2.24) is 0 Å². The molecule has 0 aliphatic heterocycles. The Morgan fingerprint density at radius 1 is 0.867 bits per heavy atom. The molecule has 0 saturated carbocycles. The van der Waals surface area contributed by atoms with Crippen LogP contribution < -0.4 is 5.73 Å². The Morgan fingerprint density at radius 3 is 1.73 bits per heavy atom. The molecule has 1 rings (SSSR count). The summed E-state index contributed by atoms with van der Waals surface area (Å²) in [6.45, 7) is 5.71. The van der Waals surface area contributed by atoms with Crippen LogP contribution >= 0.6 is 12.4 Å². The first-order valence-electron chi connectivity index (χ1n) is 11.9. The van der Waals surface area contributed by atoms with Crippen LogP contribution in [0.3, 0.4) is 0 Å². The molecule has 0 aliphatic rings. The van der Waals surface area contributed by atoms with Gasteiger partial charge < -0.3 is 0 Å². The minimum atomic E-state index is -1.52. The molecule has 0 radical (unpaired) electrons. The highest BCUT2D eigenvalue weighted by molar-refractivity contribution is 5.85. The number of hydrogen-bond acceptors (Lipinski definition) is 3. The summed E-state index contributed by atoms with van der Waals surface area (Å²) >= 11 is 0. The summed E-state index contributed by atoms with van der Waals surface area (Å²) in [6.07, 6.45) is 19.9. The average molecular weight is 441 g/mol. The number of nitrogens with zero attached hydrogens (tertiary/aromatic N) is 1. The highest BCUT2D eigenvalue weighted by atomic mass is 35.5. The first-order chi connectivity index (χ1) is 13.9. The van der Waals surface area contributed by atoms with Gasteiger partial charge in [0.15, 0.2) is 0 Å². The first kappa shape index (κ1) is 28.9. The molecule has 2 N–H and O–H groups in total. The number of aryl methyl sites for hydroxylation is 1. The van der Waals surface area contributed by atoms with E-state index in [2.05, 4.69) is 13.0 Å². The zero-order chi connectivity index (χ0) is 21.5. The lowest BCUT2D eigenvalue weighted by atomic mass is 9.91. The van der Waals surface area contributed by atoms with Crippen LogP contribution in [0.25, 0.3) is 0 Å². The number of halogens is 1. The minimum absolute atomic E-state index is 0. The second-order valence-corrected chi connectivity index (χ2v) is 8.84. The highest BCUT2D eigenvalue weighted by Gasteiger charge is 2.35. The Balaban J connectivity index is 0.00000841. The molecular weight excluding hydrogens is 396 g/mol. The molecule has 174 valence electrons. The van der Waals surface area contributed by atoms with Crippen molar-refractivity contribution in [3.63, 3.8) is 0 Å². The molecule has 0 fully saturated rings. The van der Waals surface area contributed by atoms with E-state index in [1.165, 1.54) is 96.0 Å². The number of unbranched alkanes of at least 4 members (excludes halogenated alkanes) is 13. The molecule has 4 nitrogen and oxygen atoms in total. The second-order valence-electron chi connectivity index (χ2n) is 8.84. The fourth-order valence-electron chi connectivity index (χ4n) is 4.11. The maximum absolute atomic E-state index is 11.3. The normalized spacial score (nSPS) is 12.9. The van der Waals surface area contributed by atoms with E-state index >= 15 is 0 Å². The van der Waals surface area contributed by atoms with Gasteiger partial charge in [0.1, 0.15) is 0 Å².